The summed E-state index contributed by atoms with van der Waals surface area (Å²) in [5, 5.41) is 27.3. The third kappa shape index (κ3) is 2.83. The maximum Gasteiger partial charge on any atom is 0.488 e. The molecule has 0 radical (unpaired) electrons. The summed E-state index contributed by atoms with van der Waals surface area (Å²) in [4.78, 5) is 2.19. The van der Waals surface area contributed by atoms with E-state index in [9.17, 15) is 5.11 Å². The van der Waals surface area contributed by atoms with Gasteiger partial charge in [0.2, 0.25) is 0 Å². The molecule has 1 aliphatic heterocycles. The minimum absolute atomic E-state index is 0.196. The molecule has 1 unspecified atom stereocenters. The first-order chi connectivity index (χ1) is 7.65. The maximum atomic E-state index is 9.39. The lowest BCUT2D eigenvalue weighted by molar-refractivity contribution is 0.175. The summed E-state index contributed by atoms with van der Waals surface area (Å²) < 4.78 is 0. The van der Waals surface area contributed by atoms with E-state index in [4.69, 9.17) is 10.0 Å². The Morgan fingerprint density at radius 2 is 1.94 bits per heavy atom. The topological polar surface area (TPSA) is 63.9 Å². The molecule has 1 heterocycles. The fourth-order valence-corrected chi connectivity index (χ4v) is 2.01. The van der Waals surface area contributed by atoms with Crippen LogP contribution in [-0.2, 0) is 6.54 Å². The molecule has 1 aromatic carbocycles. The Morgan fingerprint density at radius 1 is 1.25 bits per heavy atom. The molecule has 2 rings (SSSR count). The van der Waals surface area contributed by atoms with Crippen molar-refractivity contribution in [1.82, 2.24) is 4.90 Å². The number of rotatable bonds is 3. The van der Waals surface area contributed by atoms with Crippen LogP contribution in [-0.4, -0.2) is 46.4 Å². The Labute approximate surface area is 95.3 Å². The van der Waals surface area contributed by atoms with Gasteiger partial charge >= 0.3 is 7.12 Å². The molecule has 0 aliphatic carbocycles. The van der Waals surface area contributed by atoms with Crippen molar-refractivity contribution >= 4 is 12.6 Å². The number of aliphatic hydroxyl groups excluding tert-OH is 1. The lowest BCUT2D eigenvalue weighted by atomic mass is 9.80. The van der Waals surface area contributed by atoms with Crippen LogP contribution in [0.1, 0.15) is 12.0 Å². The van der Waals surface area contributed by atoms with Gasteiger partial charge in [-0.25, -0.2) is 0 Å². The molecular formula is C11H16BNO3. The van der Waals surface area contributed by atoms with Crippen LogP contribution in [0.5, 0.6) is 0 Å². The van der Waals surface area contributed by atoms with Crippen LogP contribution >= 0.6 is 0 Å². The number of aliphatic hydroxyl groups is 1. The van der Waals surface area contributed by atoms with E-state index in [1.807, 2.05) is 12.1 Å². The van der Waals surface area contributed by atoms with E-state index in [1.54, 1.807) is 12.1 Å². The normalized spacial score (nSPS) is 21.3. The smallest absolute Gasteiger partial charge is 0.423 e. The Morgan fingerprint density at radius 3 is 2.44 bits per heavy atom. The largest absolute Gasteiger partial charge is 0.488 e. The molecule has 3 N–H and O–H groups in total. The molecule has 0 aromatic heterocycles. The average Bonchev–Trinajstić information content (AvgIpc) is 2.65. The SMILES string of the molecule is OB(O)c1ccc(CN2CCC(O)C2)cc1. The predicted molar refractivity (Wildman–Crippen MR) is 62.2 cm³/mol. The van der Waals surface area contributed by atoms with Crippen LogP contribution in [0, 0.1) is 0 Å². The summed E-state index contributed by atoms with van der Waals surface area (Å²) in [5.41, 5.74) is 1.63. The first-order valence-corrected chi connectivity index (χ1v) is 5.50. The van der Waals surface area contributed by atoms with E-state index in [-0.39, 0.29) is 6.10 Å². The zero-order chi connectivity index (χ0) is 11.5. The summed E-state index contributed by atoms with van der Waals surface area (Å²) in [6, 6.07) is 7.21. The fourth-order valence-electron chi connectivity index (χ4n) is 2.01. The Hall–Kier alpha value is -0.875. The van der Waals surface area contributed by atoms with Crippen molar-refractivity contribution in [3.8, 4) is 0 Å². The molecule has 0 bridgehead atoms. The molecular weight excluding hydrogens is 205 g/mol. The third-order valence-corrected chi connectivity index (χ3v) is 2.93. The van der Waals surface area contributed by atoms with Gasteiger partial charge in [0.1, 0.15) is 0 Å². The second-order valence-corrected chi connectivity index (χ2v) is 4.29. The second-order valence-electron chi connectivity index (χ2n) is 4.29. The highest BCUT2D eigenvalue weighted by atomic mass is 16.4. The van der Waals surface area contributed by atoms with Gasteiger partial charge in [0.25, 0.3) is 0 Å². The molecule has 1 aromatic rings. The van der Waals surface area contributed by atoms with Gasteiger partial charge in [0.15, 0.2) is 0 Å². The van der Waals surface area contributed by atoms with Crippen LogP contribution in [0.15, 0.2) is 24.3 Å². The molecule has 16 heavy (non-hydrogen) atoms. The molecule has 0 spiro atoms. The Balaban J connectivity index is 1.95. The van der Waals surface area contributed by atoms with Crippen molar-refractivity contribution in [1.29, 1.82) is 0 Å². The zero-order valence-corrected chi connectivity index (χ0v) is 9.08. The Kier molecular flexibility index (Phi) is 3.61. The number of hydrogen-bond acceptors (Lipinski definition) is 4. The van der Waals surface area contributed by atoms with Crippen LogP contribution in [0.25, 0.3) is 0 Å². The second kappa shape index (κ2) is 4.97. The predicted octanol–water partition coefficient (Wildman–Crippen LogP) is -1.07. The lowest BCUT2D eigenvalue weighted by Crippen LogP contribution is -2.29. The van der Waals surface area contributed by atoms with Crippen LogP contribution in [0.4, 0.5) is 0 Å². The molecule has 1 saturated heterocycles. The van der Waals surface area contributed by atoms with E-state index in [0.717, 1.165) is 31.6 Å². The van der Waals surface area contributed by atoms with Crippen molar-refractivity contribution in [2.24, 2.45) is 0 Å². The molecule has 4 nitrogen and oxygen atoms in total. The van der Waals surface area contributed by atoms with E-state index < -0.39 is 7.12 Å². The third-order valence-electron chi connectivity index (χ3n) is 2.93. The van der Waals surface area contributed by atoms with E-state index in [0.29, 0.717) is 5.46 Å². The minimum atomic E-state index is -1.40. The summed E-state index contributed by atoms with van der Waals surface area (Å²) in [6.07, 6.45) is 0.645. The quantitative estimate of drug-likeness (QED) is 0.569. The zero-order valence-electron chi connectivity index (χ0n) is 9.08. The summed E-state index contributed by atoms with van der Waals surface area (Å²) >= 11 is 0. The molecule has 86 valence electrons. The first-order valence-electron chi connectivity index (χ1n) is 5.50. The van der Waals surface area contributed by atoms with Crippen molar-refractivity contribution in [2.75, 3.05) is 13.1 Å². The number of nitrogens with zero attached hydrogens (tertiary/aromatic N) is 1. The van der Waals surface area contributed by atoms with Gasteiger partial charge in [-0.05, 0) is 17.4 Å². The maximum absolute atomic E-state index is 9.39. The number of benzene rings is 1. The number of β-amino-alcohol motifs (C(OH)–C–C–N with tert-alkyl or cyclic N) is 1. The standard InChI is InChI=1S/C11H16BNO3/c14-11-5-6-13(8-11)7-9-1-3-10(4-2-9)12(15)16/h1-4,11,14-16H,5-8H2. The lowest BCUT2D eigenvalue weighted by Gasteiger charge is -2.14. The minimum Gasteiger partial charge on any atom is -0.423 e. The van der Waals surface area contributed by atoms with Crippen molar-refractivity contribution in [2.45, 2.75) is 19.1 Å². The van der Waals surface area contributed by atoms with Crippen molar-refractivity contribution < 1.29 is 15.2 Å². The molecule has 5 heteroatoms. The molecule has 0 amide bonds. The first kappa shape index (κ1) is 11.6. The monoisotopic (exact) mass is 221 g/mol. The van der Waals surface area contributed by atoms with Crippen molar-refractivity contribution in [3.63, 3.8) is 0 Å². The highest BCUT2D eigenvalue weighted by Gasteiger charge is 2.20. The van der Waals surface area contributed by atoms with Gasteiger partial charge in [0.05, 0.1) is 6.10 Å². The molecule has 1 aliphatic rings. The fraction of sp³-hybridized carbons (Fsp3) is 0.455. The van der Waals surface area contributed by atoms with Gasteiger partial charge in [-0.3, -0.25) is 4.90 Å². The van der Waals surface area contributed by atoms with Crippen LogP contribution in [0.2, 0.25) is 0 Å². The highest BCUT2D eigenvalue weighted by molar-refractivity contribution is 6.58. The molecule has 0 saturated carbocycles. The van der Waals surface area contributed by atoms with E-state index >= 15 is 0 Å². The Bertz CT molecular complexity index is 342. The summed E-state index contributed by atoms with van der Waals surface area (Å²) in [6.45, 7) is 2.45. The van der Waals surface area contributed by atoms with Gasteiger partial charge in [-0.1, -0.05) is 24.3 Å². The molecule has 1 atom stereocenters. The molecule has 1 fully saturated rings. The highest BCUT2D eigenvalue weighted by Crippen LogP contribution is 2.12. The average molecular weight is 221 g/mol. The van der Waals surface area contributed by atoms with Crippen LogP contribution in [0.3, 0.4) is 0 Å². The van der Waals surface area contributed by atoms with Crippen molar-refractivity contribution in [3.05, 3.63) is 29.8 Å². The summed E-state index contributed by atoms with van der Waals surface area (Å²) in [7, 11) is -1.40. The number of hydrogen-bond donors (Lipinski definition) is 3. The van der Waals surface area contributed by atoms with E-state index in [1.165, 1.54) is 0 Å². The summed E-state index contributed by atoms with van der Waals surface area (Å²) in [5.74, 6) is 0. The van der Waals surface area contributed by atoms with Gasteiger partial charge in [0, 0.05) is 19.6 Å². The van der Waals surface area contributed by atoms with Gasteiger partial charge in [-0.2, -0.15) is 0 Å². The van der Waals surface area contributed by atoms with Gasteiger partial charge in [-0.15, -0.1) is 0 Å². The van der Waals surface area contributed by atoms with E-state index in [2.05, 4.69) is 4.90 Å². The number of likely N-dealkylation sites (tertiary alicyclic amines) is 1. The van der Waals surface area contributed by atoms with Crippen LogP contribution < -0.4 is 5.46 Å². The van der Waals surface area contributed by atoms with Gasteiger partial charge < -0.3 is 15.2 Å².